The highest BCUT2D eigenvalue weighted by molar-refractivity contribution is 7.47. The monoisotopic (exact) mass is 224 g/mol. The van der Waals surface area contributed by atoms with E-state index in [0.29, 0.717) is 6.42 Å². The van der Waals surface area contributed by atoms with Gasteiger partial charge in [-0.3, -0.25) is 9.05 Å². The van der Waals surface area contributed by atoms with Crippen molar-refractivity contribution in [2.45, 2.75) is 52.6 Å². The number of phosphoric ester groups is 1. The topological polar surface area (TPSA) is 55.8 Å². The predicted octanol–water partition coefficient (Wildman–Crippen LogP) is 3.11. The molecular formula is C9H21O4P. The number of hydrogen-bond donors (Lipinski definition) is 1. The maximum atomic E-state index is 11.3. The van der Waals surface area contributed by atoms with Gasteiger partial charge in [-0.2, -0.15) is 0 Å². The molecule has 0 heterocycles. The summed E-state index contributed by atoms with van der Waals surface area (Å²) in [5, 5.41) is 0. The lowest BCUT2D eigenvalue weighted by Gasteiger charge is -2.18. The predicted molar refractivity (Wildman–Crippen MR) is 56.1 cm³/mol. The molecule has 0 aliphatic heterocycles. The first-order valence-corrected chi connectivity index (χ1v) is 6.71. The molecule has 4 nitrogen and oxygen atoms in total. The Balaban J connectivity index is 3.96. The van der Waals surface area contributed by atoms with Gasteiger partial charge in [0.1, 0.15) is 0 Å². The van der Waals surface area contributed by atoms with Crippen LogP contribution >= 0.6 is 7.82 Å². The van der Waals surface area contributed by atoms with Crippen LogP contribution < -0.4 is 0 Å². The average Bonchev–Trinajstić information content (AvgIpc) is 2.14. The summed E-state index contributed by atoms with van der Waals surface area (Å²) in [6.45, 7) is 6.08. The van der Waals surface area contributed by atoms with Crippen LogP contribution in [0, 0.1) is 0 Å². The van der Waals surface area contributed by atoms with Crippen molar-refractivity contribution < 1.29 is 18.5 Å². The average molecular weight is 224 g/mol. The third-order valence-electron chi connectivity index (χ3n) is 1.81. The maximum absolute atomic E-state index is 11.3. The third kappa shape index (κ3) is 6.55. The van der Waals surface area contributed by atoms with Gasteiger partial charge < -0.3 is 4.89 Å². The molecule has 2 unspecified atom stereocenters. The molecule has 1 N–H and O–H groups in total. The van der Waals surface area contributed by atoms with Crippen LogP contribution in [0.2, 0.25) is 0 Å². The summed E-state index contributed by atoms with van der Waals surface area (Å²) in [6, 6.07) is 0. The molecule has 0 aliphatic rings. The molecule has 0 spiro atoms. The summed E-state index contributed by atoms with van der Waals surface area (Å²) in [6.07, 6.45) is 2.99. The first kappa shape index (κ1) is 14.1. The summed E-state index contributed by atoms with van der Waals surface area (Å²) in [5.41, 5.74) is 0. The summed E-state index contributed by atoms with van der Waals surface area (Å²) in [5.74, 6) is 0. The Bertz CT molecular complexity index is 184. The maximum Gasteiger partial charge on any atom is 0.472 e. The van der Waals surface area contributed by atoms with Gasteiger partial charge in [-0.15, -0.1) is 0 Å². The van der Waals surface area contributed by atoms with Crippen LogP contribution in [-0.4, -0.2) is 17.6 Å². The second kappa shape index (κ2) is 7.41. The van der Waals surface area contributed by atoms with Crippen LogP contribution in [0.25, 0.3) is 0 Å². The van der Waals surface area contributed by atoms with Crippen molar-refractivity contribution in [3.63, 3.8) is 0 Å². The first-order valence-electron chi connectivity index (χ1n) is 5.21. The second-order valence-corrected chi connectivity index (χ2v) is 4.63. The van der Waals surface area contributed by atoms with Crippen molar-refractivity contribution in [3.8, 4) is 0 Å². The first-order chi connectivity index (χ1) is 6.55. The van der Waals surface area contributed by atoms with Gasteiger partial charge in [-0.25, -0.2) is 4.57 Å². The molecule has 86 valence electrons. The third-order valence-corrected chi connectivity index (χ3v) is 2.88. The van der Waals surface area contributed by atoms with Crippen molar-refractivity contribution in [3.05, 3.63) is 0 Å². The van der Waals surface area contributed by atoms with Gasteiger partial charge in [0, 0.05) is 0 Å². The Morgan fingerprint density at radius 1 is 1.29 bits per heavy atom. The molecule has 14 heavy (non-hydrogen) atoms. The molecule has 0 aromatic heterocycles. The van der Waals surface area contributed by atoms with Gasteiger partial charge in [0.05, 0.1) is 12.7 Å². The Labute approximate surface area is 86.2 Å². The largest absolute Gasteiger partial charge is 0.472 e. The number of rotatable bonds is 8. The van der Waals surface area contributed by atoms with Crippen LogP contribution in [0.5, 0.6) is 0 Å². The molecule has 0 radical (unpaired) electrons. The van der Waals surface area contributed by atoms with E-state index in [1.165, 1.54) is 0 Å². The SMILES string of the molecule is CCCOP(=O)(O)OC(CC)CCC. The van der Waals surface area contributed by atoms with E-state index in [-0.39, 0.29) is 12.7 Å². The highest BCUT2D eigenvalue weighted by Crippen LogP contribution is 2.45. The summed E-state index contributed by atoms with van der Waals surface area (Å²) in [4.78, 5) is 9.28. The molecule has 2 atom stereocenters. The Kier molecular flexibility index (Phi) is 7.47. The van der Waals surface area contributed by atoms with Crippen LogP contribution in [0.4, 0.5) is 0 Å². The molecule has 0 amide bonds. The quantitative estimate of drug-likeness (QED) is 0.643. The molecule has 5 heteroatoms. The Morgan fingerprint density at radius 3 is 2.36 bits per heavy atom. The highest BCUT2D eigenvalue weighted by Gasteiger charge is 2.24. The fourth-order valence-corrected chi connectivity index (χ4v) is 2.18. The van der Waals surface area contributed by atoms with E-state index < -0.39 is 7.82 Å². The lowest BCUT2D eigenvalue weighted by atomic mass is 10.2. The zero-order chi connectivity index (χ0) is 11.0. The minimum Gasteiger partial charge on any atom is -0.302 e. The highest BCUT2D eigenvalue weighted by atomic mass is 31.2. The summed E-state index contributed by atoms with van der Waals surface area (Å²) < 4.78 is 21.1. The van der Waals surface area contributed by atoms with Crippen molar-refractivity contribution in [2.24, 2.45) is 0 Å². The zero-order valence-corrected chi connectivity index (χ0v) is 10.1. The molecular weight excluding hydrogens is 203 g/mol. The van der Waals surface area contributed by atoms with Gasteiger partial charge in [-0.1, -0.05) is 27.2 Å². The van der Waals surface area contributed by atoms with Gasteiger partial charge in [0.15, 0.2) is 0 Å². The molecule has 0 rings (SSSR count). The molecule has 0 aliphatic carbocycles. The fraction of sp³-hybridized carbons (Fsp3) is 1.00. The van der Waals surface area contributed by atoms with Crippen LogP contribution in [0.3, 0.4) is 0 Å². The lowest BCUT2D eigenvalue weighted by Crippen LogP contribution is -2.10. The van der Waals surface area contributed by atoms with Crippen LogP contribution in [-0.2, 0) is 13.6 Å². The molecule has 0 saturated carbocycles. The lowest BCUT2D eigenvalue weighted by molar-refractivity contribution is 0.0966. The van der Waals surface area contributed by atoms with Crippen LogP contribution in [0.15, 0.2) is 0 Å². The van der Waals surface area contributed by atoms with E-state index >= 15 is 0 Å². The van der Waals surface area contributed by atoms with Gasteiger partial charge >= 0.3 is 7.82 Å². The zero-order valence-electron chi connectivity index (χ0n) is 9.23. The molecule has 0 fully saturated rings. The Hall–Kier alpha value is 0.110. The summed E-state index contributed by atoms with van der Waals surface area (Å²) >= 11 is 0. The normalized spacial score (nSPS) is 17.7. The van der Waals surface area contributed by atoms with Gasteiger partial charge in [0.25, 0.3) is 0 Å². The number of phosphoric acid groups is 1. The molecule has 0 aromatic rings. The van der Waals surface area contributed by atoms with Gasteiger partial charge in [-0.05, 0) is 19.3 Å². The van der Waals surface area contributed by atoms with E-state index in [4.69, 9.17) is 9.05 Å². The van der Waals surface area contributed by atoms with Crippen molar-refractivity contribution in [2.75, 3.05) is 6.61 Å². The van der Waals surface area contributed by atoms with Crippen molar-refractivity contribution >= 4 is 7.82 Å². The number of hydrogen-bond acceptors (Lipinski definition) is 3. The van der Waals surface area contributed by atoms with E-state index in [2.05, 4.69) is 0 Å². The van der Waals surface area contributed by atoms with E-state index in [0.717, 1.165) is 19.3 Å². The molecule has 0 saturated heterocycles. The molecule has 0 aromatic carbocycles. The minimum atomic E-state index is -3.81. The standard InChI is InChI=1S/C9H21O4P/c1-4-7-9(6-3)13-14(10,11)12-8-5-2/h9H,4-8H2,1-3H3,(H,10,11). The van der Waals surface area contributed by atoms with E-state index in [1.54, 1.807) is 0 Å². The fourth-order valence-electron chi connectivity index (χ4n) is 1.08. The second-order valence-electron chi connectivity index (χ2n) is 3.23. The van der Waals surface area contributed by atoms with Crippen molar-refractivity contribution in [1.29, 1.82) is 0 Å². The van der Waals surface area contributed by atoms with Crippen molar-refractivity contribution in [1.82, 2.24) is 0 Å². The van der Waals surface area contributed by atoms with Crippen LogP contribution in [0.1, 0.15) is 46.5 Å². The summed E-state index contributed by atoms with van der Waals surface area (Å²) in [7, 11) is -3.81. The van der Waals surface area contributed by atoms with E-state index in [9.17, 15) is 9.46 Å². The van der Waals surface area contributed by atoms with E-state index in [1.807, 2.05) is 20.8 Å². The smallest absolute Gasteiger partial charge is 0.302 e. The van der Waals surface area contributed by atoms with Gasteiger partial charge in [0.2, 0.25) is 0 Å². The Morgan fingerprint density at radius 2 is 1.93 bits per heavy atom. The minimum absolute atomic E-state index is 0.173. The molecule has 0 bridgehead atoms.